The number of benzene rings is 1. The Labute approximate surface area is 91.4 Å². The van der Waals surface area contributed by atoms with Crippen LogP contribution in [0.15, 0.2) is 18.2 Å². The first kappa shape index (κ1) is 12.4. The van der Waals surface area contributed by atoms with Gasteiger partial charge in [-0.2, -0.15) is 8.42 Å². The van der Waals surface area contributed by atoms with E-state index in [4.69, 9.17) is 10.3 Å². The van der Waals surface area contributed by atoms with Gasteiger partial charge in [0.1, 0.15) is 0 Å². The molecule has 1 rings (SSSR count). The topological polar surface area (TPSA) is 127 Å². The first-order valence-electron chi connectivity index (χ1n) is 4.06. The number of hydrogen-bond acceptors (Lipinski definition) is 6. The van der Waals surface area contributed by atoms with E-state index >= 15 is 0 Å². The number of phenolic OH excluding ortho intramolecular Hbond substituents is 1. The highest BCUT2D eigenvalue weighted by molar-refractivity contribution is 7.81. The largest absolute Gasteiger partial charge is 0.504 e. The van der Waals surface area contributed by atoms with Crippen molar-refractivity contribution in [2.75, 3.05) is 6.54 Å². The van der Waals surface area contributed by atoms with Crippen molar-refractivity contribution < 1.29 is 27.1 Å². The summed E-state index contributed by atoms with van der Waals surface area (Å²) in [6.45, 7) is -0.238. The second-order valence-corrected chi connectivity index (χ2v) is 3.84. The van der Waals surface area contributed by atoms with Crippen molar-refractivity contribution in [3.05, 3.63) is 23.8 Å². The summed E-state index contributed by atoms with van der Waals surface area (Å²) in [5.41, 5.74) is 5.21. The Bertz CT molecular complexity index is 509. The predicted molar refractivity (Wildman–Crippen MR) is 53.7 cm³/mol. The fraction of sp³-hybridized carbons (Fsp3) is 0.125. The van der Waals surface area contributed by atoms with Crippen LogP contribution in [0.1, 0.15) is 10.4 Å². The molecule has 88 valence electrons. The zero-order valence-electron chi connectivity index (χ0n) is 7.95. The van der Waals surface area contributed by atoms with Crippen LogP contribution in [0.3, 0.4) is 0 Å². The molecule has 1 aromatic carbocycles. The number of aromatic hydroxyl groups is 1. The van der Waals surface area contributed by atoms with Crippen LogP contribution >= 0.6 is 0 Å². The van der Waals surface area contributed by atoms with Crippen LogP contribution in [0.5, 0.6) is 11.5 Å². The summed E-state index contributed by atoms with van der Waals surface area (Å²) in [4.78, 5) is 11.1. The average molecular weight is 247 g/mol. The molecular formula is C8H9NO6S. The van der Waals surface area contributed by atoms with Crippen LogP contribution in [0.25, 0.3) is 0 Å². The number of ketones is 1. The third kappa shape index (κ3) is 3.19. The Morgan fingerprint density at radius 2 is 2.06 bits per heavy atom. The maximum Gasteiger partial charge on any atom is 0.446 e. The average Bonchev–Trinajstić information content (AvgIpc) is 2.18. The first-order chi connectivity index (χ1) is 7.33. The molecule has 0 spiro atoms. The molecule has 0 aliphatic heterocycles. The van der Waals surface area contributed by atoms with Gasteiger partial charge in [-0.15, -0.1) is 0 Å². The highest BCUT2D eigenvalue weighted by Crippen LogP contribution is 2.27. The van der Waals surface area contributed by atoms with Crippen molar-refractivity contribution in [2.45, 2.75) is 0 Å². The van der Waals surface area contributed by atoms with Gasteiger partial charge in [0.05, 0.1) is 6.54 Å². The van der Waals surface area contributed by atoms with E-state index in [1.165, 1.54) is 6.07 Å². The van der Waals surface area contributed by atoms with Crippen molar-refractivity contribution in [1.29, 1.82) is 0 Å². The first-order valence-corrected chi connectivity index (χ1v) is 5.43. The maximum atomic E-state index is 11.1. The van der Waals surface area contributed by atoms with E-state index in [-0.39, 0.29) is 12.1 Å². The molecule has 8 heteroatoms. The molecule has 0 aliphatic rings. The number of nitrogens with two attached hydrogens (primary N) is 1. The van der Waals surface area contributed by atoms with Crippen LogP contribution in [0.2, 0.25) is 0 Å². The predicted octanol–water partition coefficient (Wildman–Crippen LogP) is -0.285. The fourth-order valence-electron chi connectivity index (χ4n) is 0.993. The maximum absolute atomic E-state index is 11.1. The molecule has 16 heavy (non-hydrogen) atoms. The van der Waals surface area contributed by atoms with E-state index in [2.05, 4.69) is 4.18 Å². The van der Waals surface area contributed by atoms with Gasteiger partial charge in [0, 0.05) is 5.56 Å². The van der Waals surface area contributed by atoms with E-state index in [1.807, 2.05) is 0 Å². The SMILES string of the molecule is NCC(=O)c1ccc(OS(=O)(=O)O)c(O)c1. The summed E-state index contributed by atoms with van der Waals surface area (Å²) in [5, 5.41) is 9.31. The van der Waals surface area contributed by atoms with E-state index in [9.17, 15) is 18.3 Å². The highest BCUT2D eigenvalue weighted by atomic mass is 32.3. The summed E-state index contributed by atoms with van der Waals surface area (Å²) in [6, 6.07) is 3.25. The van der Waals surface area contributed by atoms with E-state index in [0.717, 1.165) is 12.1 Å². The molecule has 0 heterocycles. The molecule has 0 saturated heterocycles. The van der Waals surface area contributed by atoms with E-state index < -0.39 is 27.7 Å². The van der Waals surface area contributed by atoms with Crippen LogP contribution < -0.4 is 9.92 Å². The number of carbonyl (C=O) groups is 1. The summed E-state index contributed by atoms with van der Waals surface area (Å²) in [7, 11) is -4.71. The fourth-order valence-corrected chi connectivity index (χ4v) is 1.36. The van der Waals surface area contributed by atoms with Crippen LogP contribution in [-0.2, 0) is 10.4 Å². The van der Waals surface area contributed by atoms with Gasteiger partial charge in [0.25, 0.3) is 0 Å². The molecule has 0 aromatic heterocycles. The number of carbonyl (C=O) groups excluding carboxylic acids is 1. The summed E-state index contributed by atoms with van der Waals surface area (Å²) in [5.74, 6) is -1.48. The molecule has 0 radical (unpaired) electrons. The summed E-state index contributed by atoms with van der Waals surface area (Å²) in [6.07, 6.45) is 0. The Balaban J connectivity index is 3.05. The molecule has 0 saturated carbocycles. The Morgan fingerprint density at radius 3 is 2.50 bits per heavy atom. The summed E-state index contributed by atoms with van der Waals surface area (Å²) < 4.78 is 33.1. The zero-order chi connectivity index (χ0) is 12.3. The molecule has 0 fully saturated rings. The van der Waals surface area contributed by atoms with Gasteiger partial charge in [-0.25, -0.2) is 0 Å². The number of phenols is 1. The molecule has 1 aromatic rings. The second-order valence-electron chi connectivity index (χ2n) is 2.82. The minimum Gasteiger partial charge on any atom is -0.504 e. The lowest BCUT2D eigenvalue weighted by Crippen LogP contribution is -2.13. The van der Waals surface area contributed by atoms with Gasteiger partial charge in [-0.1, -0.05) is 0 Å². The van der Waals surface area contributed by atoms with Crippen molar-refractivity contribution in [1.82, 2.24) is 0 Å². The minimum absolute atomic E-state index is 0.114. The second kappa shape index (κ2) is 4.47. The van der Waals surface area contributed by atoms with Gasteiger partial charge < -0.3 is 15.0 Å². The highest BCUT2D eigenvalue weighted by Gasteiger charge is 2.13. The minimum atomic E-state index is -4.71. The molecule has 0 bridgehead atoms. The number of hydrogen-bond donors (Lipinski definition) is 3. The van der Waals surface area contributed by atoms with Gasteiger partial charge in [0.15, 0.2) is 17.3 Å². The van der Waals surface area contributed by atoms with Gasteiger partial charge in [-0.3, -0.25) is 9.35 Å². The monoisotopic (exact) mass is 247 g/mol. The molecule has 0 unspecified atom stereocenters. The van der Waals surface area contributed by atoms with Crippen LogP contribution in [0, 0.1) is 0 Å². The van der Waals surface area contributed by atoms with Crippen molar-refractivity contribution in [3.63, 3.8) is 0 Å². The third-order valence-corrected chi connectivity index (χ3v) is 2.05. The van der Waals surface area contributed by atoms with Gasteiger partial charge >= 0.3 is 10.4 Å². The lowest BCUT2D eigenvalue weighted by molar-refractivity contribution is 0.100. The quantitative estimate of drug-likeness (QED) is 0.493. The Kier molecular flexibility index (Phi) is 3.48. The Hall–Kier alpha value is -1.64. The van der Waals surface area contributed by atoms with Crippen LogP contribution in [0.4, 0.5) is 0 Å². The van der Waals surface area contributed by atoms with Crippen molar-refractivity contribution in [2.24, 2.45) is 5.73 Å². The van der Waals surface area contributed by atoms with E-state index in [0.29, 0.717) is 0 Å². The molecule has 0 aliphatic carbocycles. The van der Waals surface area contributed by atoms with Crippen molar-refractivity contribution >= 4 is 16.2 Å². The molecule has 4 N–H and O–H groups in total. The molecule has 0 amide bonds. The normalized spacial score (nSPS) is 11.1. The van der Waals surface area contributed by atoms with E-state index in [1.54, 1.807) is 0 Å². The molecular weight excluding hydrogens is 238 g/mol. The smallest absolute Gasteiger partial charge is 0.446 e. The van der Waals surface area contributed by atoms with Crippen molar-refractivity contribution in [3.8, 4) is 11.5 Å². The zero-order valence-corrected chi connectivity index (χ0v) is 8.77. The third-order valence-electron chi connectivity index (χ3n) is 1.66. The van der Waals surface area contributed by atoms with Crippen LogP contribution in [-0.4, -0.2) is 30.4 Å². The van der Waals surface area contributed by atoms with Gasteiger partial charge in [-0.05, 0) is 18.2 Å². The lowest BCUT2D eigenvalue weighted by Gasteiger charge is -2.05. The lowest BCUT2D eigenvalue weighted by atomic mass is 10.1. The summed E-state index contributed by atoms with van der Waals surface area (Å²) >= 11 is 0. The molecule has 7 nitrogen and oxygen atoms in total. The molecule has 0 atom stereocenters. The number of Topliss-reactive ketones (excluding diaryl/α,β-unsaturated/α-hetero) is 1. The Morgan fingerprint density at radius 1 is 1.44 bits per heavy atom. The standard InChI is InChI=1S/C8H9NO6S/c9-4-7(11)5-1-2-8(6(10)3-5)15-16(12,13)14/h1-3,10H,4,9H2,(H,12,13,14). The van der Waals surface area contributed by atoms with Gasteiger partial charge in [0.2, 0.25) is 0 Å². The number of rotatable bonds is 4.